The maximum Gasteiger partial charge on any atom is 0.116 e. The Hall–Kier alpha value is -3.81. The third-order valence-electron chi connectivity index (χ3n) is 8.88. The van der Waals surface area contributed by atoms with Crippen LogP contribution in [0.25, 0.3) is 28.2 Å². The first-order chi connectivity index (χ1) is 18.6. The first-order valence-electron chi connectivity index (χ1n) is 13.6. The molecule has 0 aromatic carbocycles. The van der Waals surface area contributed by atoms with E-state index in [-0.39, 0.29) is 11.5 Å². The molecular weight excluding hydrogens is 492 g/mol. The van der Waals surface area contributed by atoms with Gasteiger partial charge in [0.25, 0.3) is 0 Å². The fraction of sp³-hybridized carbons (Fsp3) is 0.483. The number of pyridine rings is 1. The number of fused-ring (bicyclic) bond motifs is 4. The number of hydrogen-bond acceptors (Lipinski definition) is 8. The molecule has 4 aromatic rings. The Morgan fingerprint density at radius 1 is 1.10 bits per heavy atom. The van der Waals surface area contributed by atoms with Crippen LogP contribution in [-0.2, 0) is 6.54 Å². The summed E-state index contributed by atoms with van der Waals surface area (Å²) in [7, 11) is 0. The smallest absolute Gasteiger partial charge is 0.116 e. The molecule has 4 heterocycles. The van der Waals surface area contributed by atoms with E-state index in [4.69, 9.17) is 4.98 Å². The molecule has 0 spiro atoms. The summed E-state index contributed by atoms with van der Waals surface area (Å²) in [5.74, 6) is -0.0102. The second kappa shape index (κ2) is 9.14. The number of rotatable bonds is 7. The molecule has 10 nitrogen and oxygen atoms in total. The number of nitriles is 1. The molecular formula is C29H34N8O2. The molecule has 202 valence electrons. The standard InChI is InChI=1S/C29H34N8O2/c1-19(27(2,3)38)17-36-18-25(34-35-36)22-16-31-24(26-5-4-21-12-20(14-30)15-32-37(21)26)13-23(22)33-28-6-9-29(39,10-7-28)11-8-28/h4-5,12-13,15-16,18-19,38-39H,6-11,17H2,1-3H3,(H,31,33)/t19-,28?,29?/m1/s1. The van der Waals surface area contributed by atoms with Crippen molar-refractivity contribution in [2.24, 2.45) is 5.92 Å². The van der Waals surface area contributed by atoms with Crippen molar-refractivity contribution >= 4 is 11.2 Å². The highest BCUT2D eigenvalue weighted by Gasteiger charge is 2.47. The van der Waals surface area contributed by atoms with Gasteiger partial charge in [-0.1, -0.05) is 12.1 Å². The van der Waals surface area contributed by atoms with Crippen LogP contribution in [0.2, 0.25) is 0 Å². The van der Waals surface area contributed by atoms with Crippen molar-refractivity contribution in [1.82, 2.24) is 29.6 Å². The average molecular weight is 527 g/mol. The zero-order chi connectivity index (χ0) is 27.4. The molecule has 2 bridgehead atoms. The predicted molar refractivity (Wildman–Crippen MR) is 147 cm³/mol. The zero-order valence-corrected chi connectivity index (χ0v) is 22.6. The molecule has 3 fully saturated rings. The van der Waals surface area contributed by atoms with E-state index in [1.54, 1.807) is 35.3 Å². The van der Waals surface area contributed by atoms with Gasteiger partial charge in [-0.2, -0.15) is 10.4 Å². The van der Waals surface area contributed by atoms with Crippen LogP contribution in [0.3, 0.4) is 0 Å². The summed E-state index contributed by atoms with van der Waals surface area (Å²) < 4.78 is 3.56. The summed E-state index contributed by atoms with van der Waals surface area (Å²) in [5, 5.41) is 47.5. The van der Waals surface area contributed by atoms with Crippen molar-refractivity contribution in [2.45, 2.75) is 82.6 Å². The van der Waals surface area contributed by atoms with Gasteiger partial charge in [0.2, 0.25) is 0 Å². The molecule has 3 N–H and O–H groups in total. The summed E-state index contributed by atoms with van der Waals surface area (Å²) in [4.78, 5) is 4.80. The van der Waals surface area contributed by atoms with E-state index in [2.05, 4.69) is 26.8 Å². The van der Waals surface area contributed by atoms with Gasteiger partial charge in [-0.3, -0.25) is 9.67 Å². The Bertz CT molecular complexity index is 1550. The van der Waals surface area contributed by atoms with Crippen LogP contribution in [0.5, 0.6) is 0 Å². The Morgan fingerprint density at radius 3 is 2.54 bits per heavy atom. The number of aliphatic hydroxyl groups is 2. The second-order valence-electron chi connectivity index (χ2n) is 12.0. The van der Waals surface area contributed by atoms with E-state index in [1.807, 2.05) is 37.5 Å². The lowest BCUT2D eigenvalue weighted by Crippen LogP contribution is -2.53. The van der Waals surface area contributed by atoms with Gasteiger partial charge in [0.1, 0.15) is 11.8 Å². The Balaban J connectivity index is 1.39. The van der Waals surface area contributed by atoms with Gasteiger partial charge in [0.15, 0.2) is 0 Å². The van der Waals surface area contributed by atoms with E-state index in [0.29, 0.717) is 17.8 Å². The topological polar surface area (TPSA) is 137 Å². The molecule has 0 saturated heterocycles. The maximum absolute atomic E-state index is 10.8. The van der Waals surface area contributed by atoms with Crippen molar-refractivity contribution in [3.63, 3.8) is 0 Å². The van der Waals surface area contributed by atoms with Crippen LogP contribution in [0, 0.1) is 17.2 Å². The lowest BCUT2D eigenvalue weighted by atomic mass is 9.63. The van der Waals surface area contributed by atoms with E-state index in [1.165, 1.54) is 0 Å². The third-order valence-corrected chi connectivity index (χ3v) is 8.88. The molecule has 3 aliphatic carbocycles. The van der Waals surface area contributed by atoms with Gasteiger partial charge in [-0.15, -0.1) is 5.10 Å². The largest absolute Gasteiger partial charge is 0.390 e. The number of nitrogens with one attached hydrogen (secondary N) is 1. The Labute approximate surface area is 227 Å². The molecule has 10 heteroatoms. The number of hydrogen-bond donors (Lipinski definition) is 3. The minimum absolute atomic E-state index is 0.0102. The molecule has 0 radical (unpaired) electrons. The van der Waals surface area contributed by atoms with Gasteiger partial charge in [-0.25, -0.2) is 4.52 Å². The summed E-state index contributed by atoms with van der Waals surface area (Å²) in [6.07, 6.45) is 10.4. The Morgan fingerprint density at radius 2 is 1.85 bits per heavy atom. The average Bonchev–Trinajstić information content (AvgIpc) is 3.56. The van der Waals surface area contributed by atoms with Gasteiger partial charge < -0.3 is 15.5 Å². The molecule has 0 amide bonds. The fourth-order valence-corrected chi connectivity index (χ4v) is 5.81. The van der Waals surface area contributed by atoms with Crippen LogP contribution < -0.4 is 5.32 Å². The van der Waals surface area contributed by atoms with Crippen molar-refractivity contribution in [3.05, 3.63) is 48.4 Å². The quantitative estimate of drug-likeness (QED) is 0.326. The van der Waals surface area contributed by atoms with Crippen LogP contribution in [0.1, 0.15) is 64.9 Å². The molecule has 1 atom stereocenters. The fourth-order valence-electron chi connectivity index (χ4n) is 5.81. The van der Waals surface area contributed by atoms with Crippen LogP contribution in [0.15, 0.2) is 42.9 Å². The van der Waals surface area contributed by atoms with Gasteiger partial charge in [-0.05, 0) is 76.6 Å². The third kappa shape index (κ3) is 4.77. The van der Waals surface area contributed by atoms with E-state index < -0.39 is 11.2 Å². The highest BCUT2D eigenvalue weighted by molar-refractivity contribution is 5.79. The van der Waals surface area contributed by atoms with Crippen LogP contribution in [-0.4, -0.2) is 56.5 Å². The molecule has 39 heavy (non-hydrogen) atoms. The van der Waals surface area contributed by atoms with Crippen molar-refractivity contribution in [3.8, 4) is 28.7 Å². The first kappa shape index (κ1) is 25.5. The predicted octanol–water partition coefficient (Wildman–Crippen LogP) is 4.18. The summed E-state index contributed by atoms with van der Waals surface area (Å²) >= 11 is 0. The molecule has 3 aliphatic rings. The minimum atomic E-state index is -0.826. The van der Waals surface area contributed by atoms with Gasteiger partial charge in [0, 0.05) is 35.4 Å². The van der Waals surface area contributed by atoms with Crippen molar-refractivity contribution in [1.29, 1.82) is 5.26 Å². The van der Waals surface area contributed by atoms with Crippen molar-refractivity contribution in [2.75, 3.05) is 5.32 Å². The molecule has 7 rings (SSSR count). The SMILES string of the molecule is C[C@H](Cn1cc(-c2cnc(-c3ccc4cc(C#N)cnn34)cc2NC23CCC(O)(CC2)CC3)nn1)C(C)(C)O. The lowest BCUT2D eigenvalue weighted by molar-refractivity contribution is -0.0579. The highest BCUT2D eigenvalue weighted by Crippen LogP contribution is 2.49. The zero-order valence-electron chi connectivity index (χ0n) is 22.6. The van der Waals surface area contributed by atoms with Crippen molar-refractivity contribution < 1.29 is 10.2 Å². The summed E-state index contributed by atoms with van der Waals surface area (Å²) in [6.45, 7) is 6.14. The molecule has 4 aromatic heterocycles. The second-order valence-corrected chi connectivity index (χ2v) is 12.0. The van der Waals surface area contributed by atoms with E-state index in [9.17, 15) is 15.5 Å². The molecule has 3 saturated carbocycles. The van der Waals surface area contributed by atoms with Gasteiger partial charge in [0.05, 0.1) is 46.1 Å². The van der Waals surface area contributed by atoms with Crippen LogP contribution in [0.4, 0.5) is 5.69 Å². The lowest BCUT2D eigenvalue weighted by Gasteiger charge is -2.51. The van der Waals surface area contributed by atoms with Gasteiger partial charge >= 0.3 is 0 Å². The number of aromatic nitrogens is 6. The normalized spacial score (nSPS) is 23.6. The minimum Gasteiger partial charge on any atom is -0.390 e. The number of nitrogens with zero attached hydrogens (tertiary/aromatic N) is 7. The van der Waals surface area contributed by atoms with E-state index in [0.717, 1.165) is 66.7 Å². The first-order valence-corrected chi connectivity index (χ1v) is 13.6. The Kier molecular flexibility index (Phi) is 5.97. The molecule has 0 unspecified atom stereocenters. The monoisotopic (exact) mass is 526 g/mol. The maximum atomic E-state index is 10.8. The van der Waals surface area contributed by atoms with E-state index >= 15 is 0 Å². The molecule has 0 aliphatic heterocycles. The van der Waals surface area contributed by atoms with Crippen LogP contribution >= 0.6 is 0 Å². The highest BCUT2D eigenvalue weighted by atomic mass is 16.3. The number of anilines is 1. The summed E-state index contributed by atoms with van der Waals surface area (Å²) in [6, 6.07) is 9.88. The summed E-state index contributed by atoms with van der Waals surface area (Å²) in [5.41, 5.74) is 3.94.